The fourth-order valence-corrected chi connectivity index (χ4v) is 3.58. The molecular weight excluding hydrogens is 373 g/mol. The molecule has 0 nitrogen and oxygen atoms in total. The van der Waals surface area contributed by atoms with Gasteiger partial charge in [-0.15, -0.1) is 22.9 Å². The SMILES string of the molecule is CCc1ccc(C(Cl)c2ccc(Br)c(C(F)(F)F)c2)s1. The lowest BCUT2D eigenvalue weighted by atomic mass is 10.1. The van der Waals surface area contributed by atoms with Crippen molar-refractivity contribution in [2.24, 2.45) is 0 Å². The van der Waals surface area contributed by atoms with Crippen LogP contribution < -0.4 is 0 Å². The Kier molecular flexibility index (Phi) is 4.82. The number of alkyl halides is 4. The summed E-state index contributed by atoms with van der Waals surface area (Å²) in [7, 11) is 0. The number of hydrogen-bond acceptors (Lipinski definition) is 1. The molecule has 108 valence electrons. The second-order valence-electron chi connectivity index (χ2n) is 4.26. The Morgan fingerprint density at radius 1 is 1.25 bits per heavy atom. The first kappa shape index (κ1) is 15.9. The Hall–Kier alpha value is -0.520. The lowest BCUT2D eigenvalue weighted by molar-refractivity contribution is -0.138. The zero-order valence-electron chi connectivity index (χ0n) is 10.5. The van der Waals surface area contributed by atoms with Crippen molar-refractivity contribution in [2.75, 3.05) is 0 Å². The van der Waals surface area contributed by atoms with Crippen LogP contribution >= 0.6 is 38.9 Å². The summed E-state index contributed by atoms with van der Waals surface area (Å²) in [5.74, 6) is 0. The molecule has 0 aliphatic carbocycles. The average molecular weight is 384 g/mol. The molecule has 0 amide bonds. The fraction of sp³-hybridized carbons (Fsp3) is 0.286. The third-order valence-electron chi connectivity index (χ3n) is 2.87. The largest absolute Gasteiger partial charge is 0.417 e. The summed E-state index contributed by atoms with van der Waals surface area (Å²) in [5.41, 5.74) is -0.250. The number of thiophene rings is 1. The molecule has 20 heavy (non-hydrogen) atoms. The first-order valence-corrected chi connectivity index (χ1v) is 7.97. The summed E-state index contributed by atoms with van der Waals surface area (Å²) >= 11 is 10.8. The smallest absolute Gasteiger partial charge is 0.166 e. The maximum absolute atomic E-state index is 12.9. The Morgan fingerprint density at radius 3 is 2.50 bits per heavy atom. The highest BCUT2D eigenvalue weighted by atomic mass is 79.9. The first-order chi connectivity index (χ1) is 9.32. The van der Waals surface area contributed by atoms with E-state index in [-0.39, 0.29) is 4.47 Å². The van der Waals surface area contributed by atoms with Gasteiger partial charge in [-0.3, -0.25) is 0 Å². The van der Waals surface area contributed by atoms with Crippen molar-refractivity contribution in [3.8, 4) is 0 Å². The summed E-state index contributed by atoms with van der Waals surface area (Å²) in [5, 5.41) is -0.561. The van der Waals surface area contributed by atoms with Gasteiger partial charge in [0.1, 0.15) is 0 Å². The van der Waals surface area contributed by atoms with Gasteiger partial charge in [0, 0.05) is 14.2 Å². The molecule has 0 bridgehead atoms. The molecule has 1 unspecified atom stereocenters. The highest BCUT2D eigenvalue weighted by Crippen LogP contribution is 2.40. The summed E-state index contributed by atoms with van der Waals surface area (Å²) in [6.45, 7) is 2.03. The van der Waals surface area contributed by atoms with Gasteiger partial charge >= 0.3 is 6.18 Å². The van der Waals surface area contributed by atoms with E-state index >= 15 is 0 Å². The molecule has 1 atom stereocenters. The molecule has 2 aromatic rings. The van der Waals surface area contributed by atoms with Crippen molar-refractivity contribution < 1.29 is 13.2 Å². The summed E-state index contributed by atoms with van der Waals surface area (Å²) < 4.78 is 38.7. The second-order valence-corrected chi connectivity index (χ2v) is 6.75. The normalized spacial score (nSPS) is 13.5. The minimum absolute atomic E-state index is 0.0260. The average Bonchev–Trinajstić information content (AvgIpc) is 2.86. The van der Waals surface area contributed by atoms with Gasteiger partial charge in [-0.2, -0.15) is 13.2 Å². The van der Waals surface area contributed by atoms with E-state index < -0.39 is 17.1 Å². The predicted molar refractivity (Wildman–Crippen MR) is 80.5 cm³/mol. The second kappa shape index (κ2) is 6.08. The zero-order valence-corrected chi connectivity index (χ0v) is 13.6. The maximum Gasteiger partial charge on any atom is 0.417 e. The van der Waals surface area contributed by atoms with Crippen molar-refractivity contribution in [1.82, 2.24) is 0 Å². The van der Waals surface area contributed by atoms with E-state index in [9.17, 15) is 13.2 Å². The predicted octanol–water partition coefficient (Wildman–Crippen LogP) is 6.42. The van der Waals surface area contributed by atoms with E-state index in [1.54, 1.807) is 6.07 Å². The molecule has 1 aromatic carbocycles. The van der Waals surface area contributed by atoms with Crippen LogP contribution in [-0.4, -0.2) is 0 Å². The van der Waals surface area contributed by atoms with Gasteiger partial charge in [-0.1, -0.05) is 28.9 Å². The standard InChI is InChI=1S/C14H11BrClF3S/c1-2-9-4-6-12(20-9)13(16)8-3-5-11(15)10(7-8)14(17,18)19/h3-7,13H,2H2,1H3. The number of rotatable bonds is 3. The topological polar surface area (TPSA) is 0 Å². The molecule has 0 N–H and O–H groups in total. The molecule has 1 aromatic heterocycles. The first-order valence-electron chi connectivity index (χ1n) is 5.92. The van der Waals surface area contributed by atoms with E-state index in [1.807, 2.05) is 19.1 Å². The molecule has 0 aliphatic heterocycles. The van der Waals surface area contributed by atoms with Gasteiger partial charge in [0.05, 0.1) is 10.9 Å². The van der Waals surface area contributed by atoms with Gasteiger partial charge < -0.3 is 0 Å². The van der Waals surface area contributed by atoms with Gasteiger partial charge in [-0.25, -0.2) is 0 Å². The fourth-order valence-electron chi connectivity index (χ4n) is 1.80. The summed E-state index contributed by atoms with van der Waals surface area (Å²) in [6, 6.07) is 7.94. The molecule has 0 spiro atoms. The third kappa shape index (κ3) is 3.38. The number of hydrogen-bond donors (Lipinski definition) is 0. The molecule has 2 rings (SSSR count). The quantitative estimate of drug-likeness (QED) is 0.536. The van der Waals surface area contributed by atoms with Crippen molar-refractivity contribution in [2.45, 2.75) is 24.9 Å². The zero-order chi connectivity index (χ0) is 14.9. The van der Waals surface area contributed by atoms with Crippen LogP contribution in [-0.2, 0) is 12.6 Å². The molecule has 0 fully saturated rings. The van der Waals surface area contributed by atoms with E-state index in [0.29, 0.717) is 5.56 Å². The van der Waals surface area contributed by atoms with Gasteiger partial charge in [0.25, 0.3) is 0 Å². The lowest BCUT2D eigenvalue weighted by Crippen LogP contribution is -2.07. The van der Waals surface area contributed by atoms with Crippen molar-refractivity contribution in [3.05, 3.63) is 55.7 Å². The molecule has 1 heterocycles. The van der Waals surface area contributed by atoms with Crippen LogP contribution in [0.2, 0.25) is 0 Å². The monoisotopic (exact) mass is 382 g/mol. The number of halogens is 5. The van der Waals surface area contributed by atoms with Gasteiger partial charge in [-0.05, 0) is 36.2 Å². The Labute approximate surface area is 132 Å². The summed E-state index contributed by atoms with van der Waals surface area (Å²) in [6.07, 6.45) is -3.50. The van der Waals surface area contributed by atoms with Gasteiger partial charge in [0.2, 0.25) is 0 Å². The molecule has 6 heteroatoms. The molecule has 0 saturated heterocycles. The van der Waals surface area contributed by atoms with Gasteiger partial charge in [0.15, 0.2) is 0 Å². The van der Waals surface area contributed by atoms with Crippen LogP contribution in [0.4, 0.5) is 13.2 Å². The lowest BCUT2D eigenvalue weighted by Gasteiger charge is -2.13. The number of aryl methyl sites for hydroxylation is 1. The third-order valence-corrected chi connectivity index (χ3v) is 5.47. The van der Waals surface area contributed by atoms with Crippen LogP contribution in [0.5, 0.6) is 0 Å². The minimum atomic E-state index is -4.39. The maximum atomic E-state index is 12.9. The van der Waals surface area contributed by atoms with Crippen LogP contribution in [0, 0.1) is 0 Å². The number of benzene rings is 1. The Morgan fingerprint density at radius 2 is 1.95 bits per heavy atom. The van der Waals surface area contributed by atoms with E-state index in [2.05, 4.69) is 15.9 Å². The van der Waals surface area contributed by atoms with Crippen molar-refractivity contribution >= 4 is 38.9 Å². The van der Waals surface area contributed by atoms with Crippen molar-refractivity contribution in [3.63, 3.8) is 0 Å². The molecular formula is C14H11BrClF3S. The van der Waals surface area contributed by atoms with Crippen LogP contribution in [0.15, 0.2) is 34.8 Å². The van der Waals surface area contributed by atoms with Crippen LogP contribution in [0.3, 0.4) is 0 Å². The highest BCUT2D eigenvalue weighted by molar-refractivity contribution is 9.10. The minimum Gasteiger partial charge on any atom is -0.166 e. The Balaban J connectivity index is 2.37. The molecule has 0 radical (unpaired) electrons. The van der Waals surface area contributed by atoms with Crippen LogP contribution in [0.25, 0.3) is 0 Å². The van der Waals surface area contributed by atoms with E-state index in [0.717, 1.165) is 17.4 Å². The molecule has 0 aliphatic rings. The molecule has 0 saturated carbocycles. The van der Waals surface area contributed by atoms with E-state index in [1.165, 1.54) is 22.3 Å². The van der Waals surface area contributed by atoms with Crippen molar-refractivity contribution in [1.29, 1.82) is 0 Å². The highest BCUT2D eigenvalue weighted by Gasteiger charge is 2.33. The van der Waals surface area contributed by atoms with E-state index in [4.69, 9.17) is 11.6 Å². The summed E-state index contributed by atoms with van der Waals surface area (Å²) in [4.78, 5) is 2.03. The Bertz CT molecular complexity index is 607. The van der Waals surface area contributed by atoms with Crippen LogP contribution in [0.1, 0.15) is 33.2 Å².